The Kier molecular flexibility index (Phi) is 6.90. The van der Waals surface area contributed by atoms with Crippen LogP contribution >= 0.6 is 11.8 Å². The molecule has 25 heavy (non-hydrogen) atoms. The topological polar surface area (TPSA) is 58.9 Å². The van der Waals surface area contributed by atoms with E-state index >= 15 is 0 Å². The van der Waals surface area contributed by atoms with E-state index in [0.717, 1.165) is 11.1 Å². The molecule has 4 nitrogen and oxygen atoms in total. The lowest BCUT2D eigenvalue weighted by molar-refractivity contribution is -0.0856. The van der Waals surface area contributed by atoms with Crippen LogP contribution in [0.15, 0.2) is 60.7 Å². The van der Waals surface area contributed by atoms with Gasteiger partial charge < -0.3 is 19.7 Å². The normalized spacial score (nSPS) is 26.0. The molecule has 0 spiro atoms. The molecule has 1 aliphatic rings. The molecular weight excluding hydrogens is 336 g/mol. The van der Waals surface area contributed by atoms with Gasteiger partial charge in [0.05, 0.1) is 49.1 Å². The predicted octanol–water partition coefficient (Wildman–Crippen LogP) is 2.63. The summed E-state index contributed by atoms with van der Waals surface area (Å²) < 4.78 is 12.2. The molecule has 2 N–H and O–H groups in total. The third-order valence-electron chi connectivity index (χ3n) is 4.34. The molecule has 2 aromatic carbocycles. The molecule has 1 fully saturated rings. The van der Waals surface area contributed by atoms with Crippen LogP contribution in [0.2, 0.25) is 0 Å². The molecule has 1 heterocycles. The van der Waals surface area contributed by atoms with Crippen molar-refractivity contribution >= 4 is 11.8 Å². The molecule has 4 atom stereocenters. The van der Waals surface area contributed by atoms with Crippen molar-refractivity contribution in [2.45, 2.75) is 35.9 Å². The summed E-state index contributed by atoms with van der Waals surface area (Å²) in [6.45, 7) is 0.940. The van der Waals surface area contributed by atoms with Gasteiger partial charge in [-0.15, -0.1) is 11.8 Å². The summed E-state index contributed by atoms with van der Waals surface area (Å²) in [6, 6.07) is 19.9. The maximum Gasteiger partial charge on any atom is 0.0993 e. The largest absolute Gasteiger partial charge is 0.395 e. The second-order valence-electron chi connectivity index (χ2n) is 6.10. The van der Waals surface area contributed by atoms with Crippen LogP contribution in [-0.2, 0) is 22.7 Å². The number of rotatable bonds is 8. The van der Waals surface area contributed by atoms with Crippen molar-refractivity contribution in [3.8, 4) is 0 Å². The lowest BCUT2D eigenvalue weighted by Crippen LogP contribution is -2.39. The van der Waals surface area contributed by atoms with Crippen molar-refractivity contribution < 1.29 is 19.7 Å². The molecule has 1 saturated heterocycles. The van der Waals surface area contributed by atoms with E-state index in [-0.39, 0.29) is 35.9 Å². The standard InChI is InChI=1S/C20H24O4S/c21-11-17-19(23-13-15-7-3-1-4-8-15)20(18(12-22)25-17)24-14-16-9-5-2-6-10-16/h1-10,17-22H,11-14H2/t17-,18-,19+,20+/m0/s1. The summed E-state index contributed by atoms with van der Waals surface area (Å²) in [5.74, 6) is 0. The predicted molar refractivity (Wildman–Crippen MR) is 99.4 cm³/mol. The molecule has 3 rings (SSSR count). The maximum absolute atomic E-state index is 9.71. The Bertz CT molecular complexity index is 567. The number of aliphatic hydroxyl groups is 2. The van der Waals surface area contributed by atoms with Crippen molar-refractivity contribution in [1.82, 2.24) is 0 Å². The summed E-state index contributed by atoms with van der Waals surface area (Å²) >= 11 is 1.55. The van der Waals surface area contributed by atoms with E-state index in [1.165, 1.54) is 0 Å². The monoisotopic (exact) mass is 360 g/mol. The van der Waals surface area contributed by atoms with Crippen molar-refractivity contribution in [2.75, 3.05) is 13.2 Å². The van der Waals surface area contributed by atoms with Gasteiger partial charge in [0.25, 0.3) is 0 Å². The molecule has 0 unspecified atom stereocenters. The van der Waals surface area contributed by atoms with E-state index in [4.69, 9.17) is 9.47 Å². The zero-order valence-corrected chi connectivity index (χ0v) is 14.8. The van der Waals surface area contributed by atoms with Gasteiger partial charge in [0, 0.05) is 0 Å². The number of thioether (sulfide) groups is 1. The van der Waals surface area contributed by atoms with Crippen molar-refractivity contribution in [3.05, 3.63) is 71.8 Å². The van der Waals surface area contributed by atoms with E-state index < -0.39 is 0 Å². The minimum atomic E-state index is -0.254. The third-order valence-corrected chi connectivity index (χ3v) is 5.87. The fourth-order valence-electron chi connectivity index (χ4n) is 3.03. The van der Waals surface area contributed by atoms with Crippen LogP contribution in [0.5, 0.6) is 0 Å². The Balaban J connectivity index is 1.66. The smallest absolute Gasteiger partial charge is 0.0993 e. The van der Waals surface area contributed by atoms with Gasteiger partial charge in [-0.05, 0) is 11.1 Å². The molecule has 0 radical (unpaired) electrons. The van der Waals surface area contributed by atoms with E-state index in [0.29, 0.717) is 13.2 Å². The Morgan fingerprint density at radius 1 is 0.680 bits per heavy atom. The van der Waals surface area contributed by atoms with E-state index in [1.54, 1.807) is 11.8 Å². The molecule has 0 bridgehead atoms. The molecule has 5 heteroatoms. The molecule has 0 amide bonds. The summed E-state index contributed by atoms with van der Waals surface area (Å²) in [6.07, 6.45) is -0.507. The fraction of sp³-hybridized carbons (Fsp3) is 0.400. The highest BCUT2D eigenvalue weighted by Gasteiger charge is 2.45. The van der Waals surface area contributed by atoms with Crippen LogP contribution in [-0.4, -0.2) is 46.1 Å². The van der Waals surface area contributed by atoms with Crippen molar-refractivity contribution in [2.24, 2.45) is 0 Å². The zero-order valence-electron chi connectivity index (χ0n) is 14.0. The zero-order chi connectivity index (χ0) is 17.5. The van der Waals surface area contributed by atoms with Crippen LogP contribution in [0.1, 0.15) is 11.1 Å². The molecule has 0 aliphatic carbocycles. The second kappa shape index (κ2) is 9.36. The Hall–Kier alpha value is -1.37. The molecule has 134 valence electrons. The number of hydrogen-bond donors (Lipinski definition) is 2. The van der Waals surface area contributed by atoms with E-state index in [1.807, 2.05) is 60.7 Å². The minimum absolute atomic E-state index is 0.00577. The van der Waals surface area contributed by atoms with Gasteiger partial charge in [-0.1, -0.05) is 60.7 Å². The molecule has 2 aromatic rings. The molecular formula is C20H24O4S. The van der Waals surface area contributed by atoms with Crippen molar-refractivity contribution in [3.63, 3.8) is 0 Å². The quantitative estimate of drug-likeness (QED) is 0.758. The fourth-order valence-corrected chi connectivity index (χ4v) is 4.43. The SMILES string of the molecule is OC[C@@H]1S[C@@H](CO)[C@@H](OCc2ccccc2)[C@@H]1OCc1ccccc1. The summed E-state index contributed by atoms with van der Waals surface area (Å²) in [4.78, 5) is 0. The number of aliphatic hydroxyl groups excluding tert-OH is 2. The second-order valence-corrected chi connectivity index (χ2v) is 7.58. The lowest BCUT2D eigenvalue weighted by Gasteiger charge is -2.25. The van der Waals surface area contributed by atoms with Gasteiger partial charge in [-0.3, -0.25) is 0 Å². The first-order valence-corrected chi connectivity index (χ1v) is 9.44. The first-order chi connectivity index (χ1) is 12.3. The van der Waals surface area contributed by atoms with Gasteiger partial charge in [0.2, 0.25) is 0 Å². The summed E-state index contributed by atoms with van der Waals surface area (Å²) in [7, 11) is 0. The molecule has 0 aromatic heterocycles. The van der Waals surface area contributed by atoms with Crippen molar-refractivity contribution in [1.29, 1.82) is 0 Å². The maximum atomic E-state index is 9.71. The molecule has 1 aliphatic heterocycles. The van der Waals surface area contributed by atoms with Crippen LogP contribution in [0.4, 0.5) is 0 Å². The number of hydrogen-bond acceptors (Lipinski definition) is 5. The molecule has 0 saturated carbocycles. The first-order valence-electron chi connectivity index (χ1n) is 8.50. The van der Waals surface area contributed by atoms with Gasteiger partial charge in [-0.25, -0.2) is 0 Å². The Morgan fingerprint density at radius 2 is 1.08 bits per heavy atom. The lowest BCUT2D eigenvalue weighted by atomic mass is 10.1. The van der Waals surface area contributed by atoms with Gasteiger partial charge in [-0.2, -0.15) is 0 Å². The minimum Gasteiger partial charge on any atom is -0.395 e. The highest BCUT2D eigenvalue weighted by molar-refractivity contribution is 8.01. The van der Waals surface area contributed by atoms with Crippen LogP contribution < -0.4 is 0 Å². The van der Waals surface area contributed by atoms with Gasteiger partial charge in [0.1, 0.15) is 0 Å². The van der Waals surface area contributed by atoms with Gasteiger partial charge >= 0.3 is 0 Å². The van der Waals surface area contributed by atoms with Crippen LogP contribution in [0.3, 0.4) is 0 Å². The highest BCUT2D eigenvalue weighted by Crippen LogP contribution is 2.38. The van der Waals surface area contributed by atoms with E-state index in [2.05, 4.69) is 0 Å². The average Bonchev–Trinajstić information content (AvgIpc) is 3.03. The first kappa shape index (κ1) is 18.4. The van der Waals surface area contributed by atoms with Gasteiger partial charge in [0.15, 0.2) is 0 Å². The van der Waals surface area contributed by atoms with E-state index in [9.17, 15) is 10.2 Å². The Morgan fingerprint density at radius 3 is 1.44 bits per heavy atom. The Labute approximate surface area is 152 Å². The van der Waals surface area contributed by atoms with Crippen LogP contribution in [0, 0.1) is 0 Å². The highest BCUT2D eigenvalue weighted by atomic mass is 32.2. The third kappa shape index (κ3) is 4.84. The average molecular weight is 360 g/mol. The number of benzene rings is 2. The number of ether oxygens (including phenoxy) is 2. The summed E-state index contributed by atoms with van der Waals surface area (Å²) in [5, 5.41) is 19.2. The summed E-state index contributed by atoms with van der Waals surface area (Å²) in [5.41, 5.74) is 2.16. The van der Waals surface area contributed by atoms with Crippen LogP contribution in [0.25, 0.3) is 0 Å².